The van der Waals surface area contributed by atoms with Crippen LogP contribution in [0.2, 0.25) is 5.02 Å². The highest BCUT2D eigenvalue weighted by molar-refractivity contribution is 6.30. The fraction of sp³-hybridized carbons (Fsp3) is 0.300. The maximum Gasteiger partial charge on any atom is 0.314 e. The third-order valence-electron chi connectivity index (χ3n) is 2.54. The highest BCUT2D eigenvalue weighted by atomic mass is 35.5. The first-order valence-corrected chi connectivity index (χ1v) is 4.52. The second-order valence-corrected chi connectivity index (χ2v) is 3.83. The van der Waals surface area contributed by atoms with Crippen LogP contribution in [-0.4, -0.2) is 11.1 Å². The van der Waals surface area contributed by atoms with Crippen molar-refractivity contribution in [3.63, 3.8) is 0 Å². The number of aliphatic carboxylic acids is 1. The zero-order valence-corrected chi connectivity index (χ0v) is 7.71. The Balaban J connectivity index is 2.41. The van der Waals surface area contributed by atoms with Crippen LogP contribution in [0.3, 0.4) is 0 Å². The van der Waals surface area contributed by atoms with Gasteiger partial charge in [-0.3, -0.25) is 4.79 Å². The molecule has 1 aromatic rings. The molecule has 1 aromatic carbocycles. The monoisotopic (exact) mass is 196 g/mol. The number of hydrogen-bond donors (Lipinski definition) is 1. The van der Waals surface area contributed by atoms with Crippen molar-refractivity contribution < 1.29 is 9.90 Å². The summed E-state index contributed by atoms with van der Waals surface area (Å²) in [6.45, 7) is 0. The number of carboxylic acids is 1. The van der Waals surface area contributed by atoms with Crippen LogP contribution in [0.15, 0.2) is 24.3 Å². The molecule has 3 heteroatoms. The lowest BCUT2D eigenvalue weighted by Crippen LogP contribution is -2.19. The van der Waals surface area contributed by atoms with Crippen LogP contribution in [0.25, 0.3) is 0 Å². The third kappa shape index (κ3) is 1.31. The first kappa shape index (κ1) is 8.57. The Labute approximate surface area is 81.1 Å². The molecule has 0 spiro atoms. The maximum atomic E-state index is 11.0. The normalized spacial score (nSPS) is 18.2. The molecule has 2 rings (SSSR count). The van der Waals surface area contributed by atoms with E-state index >= 15 is 0 Å². The van der Waals surface area contributed by atoms with Gasteiger partial charge in [0.15, 0.2) is 0 Å². The molecule has 0 saturated heterocycles. The van der Waals surface area contributed by atoms with Crippen molar-refractivity contribution in [3.8, 4) is 0 Å². The molecule has 0 atom stereocenters. The SMILES string of the molecule is O=C(O)C1(c2cccc(Cl)c2)CC1. The number of benzene rings is 1. The van der Waals surface area contributed by atoms with Gasteiger partial charge in [0.05, 0.1) is 5.41 Å². The molecule has 0 bridgehead atoms. The summed E-state index contributed by atoms with van der Waals surface area (Å²) in [5.41, 5.74) is 0.192. The van der Waals surface area contributed by atoms with Crippen molar-refractivity contribution in [2.75, 3.05) is 0 Å². The lowest BCUT2D eigenvalue weighted by molar-refractivity contribution is -0.140. The van der Waals surface area contributed by atoms with Gasteiger partial charge >= 0.3 is 5.97 Å². The fourth-order valence-corrected chi connectivity index (χ4v) is 1.73. The summed E-state index contributed by atoms with van der Waals surface area (Å²) < 4.78 is 0. The molecule has 0 heterocycles. The van der Waals surface area contributed by atoms with Gasteiger partial charge in [0.1, 0.15) is 0 Å². The molecule has 1 fully saturated rings. The Morgan fingerprint density at radius 1 is 1.46 bits per heavy atom. The van der Waals surface area contributed by atoms with Crippen molar-refractivity contribution in [2.24, 2.45) is 0 Å². The van der Waals surface area contributed by atoms with E-state index in [0.717, 1.165) is 18.4 Å². The van der Waals surface area contributed by atoms with Gasteiger partial charge in [-0.1, -0.05) is 23.7 Å². The van der Waals surface area contributed by atoms with Crippen molar-refractivity contribution in [2.45, 2.75) is 18.3 Å². The molecule has 68 valence electrons. The van der Waals surface area contributed by atoms with E-state index in [0.29, 0.717) is 5.02 Å². The minimum absolute atomic E-state index is 0.602. The fourth-order valence-electron chi connectivity index (χ4n) is 1.54. The number of rotatable bonds is 2. The van der Waals surface area contributed by atoms with Gasteiger partial charge in [-0.25, -0.2) is 0 Å². The molecular formula is C10H9ClO2. The summed E-state index contributed by atoms with van der Waals surface area (Å²) in [7, 11) is 0. The van der Waals surface area contributed by atoms with E-state index in [2.05, 4.69) is 0 Å². The topological polar surface area (TPSA) is 37.3 Å². The second-order valence-electron chi connectivity index (χ2n) is 3.40. The van der Waals surface area contributed by atoms with Crippen LogP contribution >= 0.6 is 11.6 Å². The van der Waals surface area contributed by atoms with Crippen LogP contribution in [0, 0.1) is 0 Å². The number of halogens is 1. The summed E-state index contributed by atoms with van der Waals surface area (Å²) in [5.74, 6) is -0.741. The standard InChI is InChI=1S/C10H9ClO2/c11-8-3-1-2-7(6-8)10(4-5-10)9(12)13/h1-3,6H,4-5H2,(H,12,13). The first-order valence-electron chi connectivity index (χ1n) is 4.15. The Morgan fingerprint density at radius 3 is 2.62 bits per heavy atom. The highest BCUT2D eigenvalue weighted by Gasteiger charge is 2.51. The van der Waals surface area contributed by atoms with E-state index in [4.69, 9.17) is 16.7 Å². The molecule has 1 saturated carbocycles. The van der Waals surface area contributed by atoms with Gasteiger partial charge in [-0.15, -0.1) is 0 Å². The average molecular weight is 197 g/mol. The zero-order chi connectivity index (χ0) is 9.47. The van der Waals surface area contributed by atoms with E-state index in [1.165, 1.54) is 0 Å². The summed E-state index contributed by atoms with van der Waals surface area (Å²) >= 11 is 5.79. The quantitative estimate of drug-likeness (QED) is 0.789. The van der Waals surface area contributed by atoms with E-state index in [1.807, 2.05) is 6.07 Å². The third-order valence-corrected chi connectivity index (χ3v) is 2.77. The second kappa shape index (κ2) is 2.74. The molecular weight excluding hydrogens is 188 g/mol. The summed E-state index contributed by atoms with van der Waals surface area (Å²) in [5, 5.41) is 9.61. The molecule has 1 aliphatic carbocycles. The van der Waals surface area contributed by atoms with Crippen molar-refractivity contribution in [1.29, 1.82) is 0 Å². The van der Waals surface area contributed by atoms with Gasteiger partial charge in [0, 0.05) is 5.02 Å². The van der Waals surface area contributed by atoms with Crippen LogP contribution < -0.4 is 0 Å². The van der Waals surface area contributed by atoms with E-state index < -0.39 is 11.4 Å². The highest BCUT2D eigenvalue weighted by Crippen LogP contribution is 2.48. The maximum absolute atomic E-state index is 11.0. The van der Waals surface area contributed by atoms with E-state index in [-0.39, 0.29) is 0 Å². The zero-order valence-electron chi connectivity index (χ0n) is 6.96. The van der Waals surface area contributed by atoms with Crippen LogP contribution in [0.1, 0.15) is 18.4 Å². The molecule has 1 aliphatic rings. The molecule has 1 N–H and O–H groups in total. The predicted molar refractivity (Wildman–Crippen MR) is 50.0 cm³/mol. The molecule has 2 nitrogen and oxygen atoms in total. The van der Waals surface area contributed by atoms with Crippen molar-refractivity contribution >= 4 is 17.6 Å². The van der Waals surface area contributed by atoms with Gasteiger partial charge in [0.2, 0.25) is 0 Å². The summed E-state index contributed by atoms with van der Waals surface area (Å²) in [4.78, 5) is 11.0. The van der Waals surface area contributed by atoms with Gasteiger partial charge < -0.3 is 5.11 Å². The van der Waals surface area contributed by atoms with Gasteiger partial charge in [0.25, 0.3) is 0 Å². The largest absolute Gasteiger partial charge is 0.481 e. The van der Waals surface area contributed by atoms with E-state index in [9.17, 15) is 4.79 Å². The van der Waals surface area contributed by atoms with Crippen molar-refractivity contribution in [3.05, 3.63) is 34.9 Å². The van der Waals surface area contributed by atoms with Gasteiger partial charge in [-0.05, 0) is 30.5 Å². The summed E-state index contributed by atoms with van der Waals surface area (Å²) in [6.07, 6.45) is 1.45. The van der Waals surface area contributed by atoms with Crippen molar-refractivity contribution in [1.82, 2.24) is 0 Å². The Morgan fingerprint density at radius 2 is 2.15 bits per heavy atom. The Bertz CT molecular complexity index is 356. The molecule has 0 aromatic heterocycles. The van der Waals surface area contributed by atoms with Gasteiger partial charge in [-0.2, -0.15) is 0 Å². The lowest BCUT2D eigenvalue weighted by Gasteiger charge is -2.09. The minimum atomic E-state index is -0.741. The first-order chi connectivity index (χ1) is 6.15. The van der Waals surface area contributed by atoms with E-state index in [1.54, 1.807) is 18.2 Å². The summed E-state index contributed by atoms with van der Waals surface area (Å²) in [6, 6.07) is 7.11. The molecule has 0 unspecified atom stereocenters. The predicted octanol–water partition coefficient (Wildman–Crippen LogP) is 2.46. The molecule has 0 aliphatic heterocycles. The van der Waals surface area contributed by atoms with Crippen LogP contribution in [-0.2, 0) is 10.2 Å². The van der Waals surface area contributed by atoms with Crippen LogP contribution in [0.5, 0.6) is 0 Å². The Hall–Kier alpha value is -1.02. The number of carbonyl (C=O) groups is 1. The van der Waals surface area contributed by atoms with Crippen LogP contribution in [0.4, 0.5) is 0 Å². The molecule has 0 radical (unpaired) electrons. The average Bonchev–Trinajstić information content (AvgIpc) is 2.83. The number of hydrogen-bond acceptors (Lipinski definition) is 1. The Kier molecular flexibility index (Phi) is 1.81. The minimum Gasteiger partial charge on any atom is -0.481 e. The number of carboxylic acid groups (broad SMARTS) is 1. The molecule has 0 amide bonds. The molecule has 13 heavy (non-hydrogen) atoms. The lowest BCUT2D eigenvalue weighted by atomic mass is 9.96. The smallest absolute Gasteiger partial charge is 0.314 e.